The average Bonchev–Trinajstić information content (AvgIpc) is 2.88. The summed E-state index contributed by atoms with van der Waals surface area (Å²) in [6.45, 7) is 5.42. The minimum absolute atomic E-state index is 0.231. The van der Waals surface area contributed by atoms with Gasteiger partial charge in [-0.15, -0.1) is 0 Å². The molecule has 0 radical (unpaired) electrons. The molecule has 1 atom stereocenters. The van der Waals surface area contributed by atoms with E-state index in [2.05, 4.69) is 50.9 Å². The van der Waals surface area contributed by atoms with E-state index in [1.165, 1.54) is 12.7 Å². The summed E-state index contributed by atoms with van der Waals surface area (Å²) in [5, 5.41) is 2.75. The molecule has 1 aromatic carbocycles. The van der Waals surface area contributed by atoms with E-state index in [1.807, 2.05) is 13.1 Å². The Bertz CT molecular complexity index is 638. The smallest absolute Gasteiger partial charge is 0.406 e. The molecule has 1 heterocycles. The van der Waals surface area contributed by atoms with Crippen molar-refractivity contribution in [2.75, 3.05) is 20.7 Å². The lowest BCUT2D eigenvalue weighted by molar-refractivity contribution is 0.161. The highest BCUT2D eigenvalue weighted by atomic mass is 16.5. The molecule has 1 amide bonds. The van der Waals surface area contributed by atoms with Gasteiger partial charge in [0.2, 0.25) is 0 Å². The molecule has 0 aliphatic carbocycles. The van der Waals surface area contributed by atoms with Crippen LogP contribution in [0, 0.1) is 6.92 Å². The fourth-order valence-electron chi connectivity index (χ4n) is 2.50. The van der Waals surface area contributed by atoms with Gasteiger partial charge in [0, 0.05) is 12.6 Å². The maximum absolute atomic E-state index is 11.2. The van der Waals surface area contributed by atoms with Gasteiger partial charge in [0.1, 0.15) is 5.82 Å². The molecular weight excluding hydrogens is 280 g/mol. The van der Waals surface area contributed by atoms with Crippen molar-refractivity contribution >= 4 is 17.1 Å². The summed E-state index contributed by atoms with van der Waals surface area (Å²) in [6, 6.07) is 6.42. The largest absolute Gasteiger partial charge is 0.453 e. The molecule has 2 rings (SSSR count). The van der Waals surface area contributed by atoms with Crippen molar-refractivity contribution in [1.29, 1.82) is 0 Å². The van der Waals surface area contributed by atoms with Crippen molar-refractivity contribution in [2.45, 2.75) is 32.9 Å². The number of fused-ring (bicyclic) bond motifs is 1. The van der Waals surface area contributed by atoms with E-state index in [1.54, 1.807) is 0 Å². The maximum Gasteiger partial charge on any atom is 0.406 e. The Morgan fingerprint density at radius 3 is 2.95 bits per heavy atom. The number of aromatic nitrogens is 2. The molecule has 0 aliphatic rings. The van der Waals surface area contributed by atoms with Gasteiger partial charge in [0.05, 0.1) is 24.7 Å². The first-order chi connectivity index (χ1) is 10.5. The molecule has 0 saturated heterocycles. The quantitative estimate of drug-likeness (QED) is 0.860. The van der Waals surface area contributed by atoms with Gasteiger partial charge in [-0.2, -0.15) is 0 Å². The number of hydrogen-bond donors (Lipinski definition) is 2. The molecule has 0 saturated carbocycles. The molecule has 0 bridgehead atoms. The number of hydrogen-bond acceptors (Lipinski definition) is 4. The van der Waals surface area contributed by atoms with Crippen LogP contribution in [0.15, 0.2) is 18.2 Å². The first-order valence-corrected chi connectivity index (χ1v) is 7.50. The highest BCUT2D eigenvalue weighted by molar-refractivity contribution is 5.75. The van der Waals surface area contributed by atoms with Crippen molar-refractivity contribution in [3.05, 3.63) is 29.6 Å². The first kappa shape index (κ1) is 16.3. The van der Waals surface area contributed by atoms with Crippen molar-refractivity contribution < 1.29 is 9.53 Å². The van der Waals surface area contributed by atoms with Crippen LogP contribution in [-0.2, 0) is 11.3 Å². The molecule has 0 aliphatic heterocycles. The number of carbonyl (C=O) groups excluding carboxylic acids is 1. The second kappa shape index (κ2) is 7.26. The molecule has 22 heavy (non-hydrogen) atoms. The minimum Gasteiger partial charge on any atom is -0.453 e. The van der Waals surface area contributed by atoms with Crippen molar-refractivity contribution in [2.24, 2.45) is 0 Å². The zero-order valence-corrected chi connectivity index (χ0v) is 13.6. The molecule has 2 N–H and O–H groups in total. The first-order valence-electron chi connectivity index (χ1n) is 7.50. The Labute approximate surface area is 130 Å². The minimum atomic E-state index is -0.397. The normalized spacial score (nSPS) is 12.6. The van der Waals surface area contributed by atoms with Crippen LogP contribution < -0.4 is 5.32 Å². The van der Waals surface area contributed by atoms with E-state index in [0.29, 0.717) is 13.1 Å². The number of likely N-dealkylation sites (N-methyl/N-ethyl adjacent to an activating group) is 1. The highest BCUT2D eigenvalue weighted by Crippen LogP contribution is 2.15. The molecule has 120 valence electrons. The van der Waals surface area contributed by atoms with Crippen LogP contribution in [0.4, 0.5) is 4.79 Å². The molecular formula is C16H24N4O2. The molecule has 6 heteroatoms. The maximum atomic E-state index is 11.2. The summed E-state index contributed by atoms with van der Waals surface area (Å²) in [5.41, 5.74) is 3.25. The lowest BCUT2D eigenvalue weighted by Gasteiger charge is -2.26. The second-order valence-electron chi connectivity index (χ2n) is 5.55. The summed E-state index contributed by atoms with van der Waals surface area (Å²) in [6.07, 6.45) is 0.533. The van der Waals surface area contributed by atoms with Crippen molar-refractivity contribution in [3.8, 4) is 0 Å². The van der Waals surface area contributed by atoms with Crippen molar-refractivity contribution in [3.63, 3.8) is 0 Å². The SMILES string of the molecule is CC[C@H](CNC(=O)OC)N(C)Cc1nc2ccc(C)cc2[nH]1. The highest BCUT2D eigenvalue weighted by Gasteiger charge is 2.16. The predicted molar refractivity (Wildman–Crippen MR) is 86.8 cm³/mol. The Balaban J connectivity index is 2.01. The standard InChI is InChI=1S/C16H24N4O2/c1-5-12(9-17-16(21)22-4)20(3)10-15-18-13-7-6-11(2)8-14(13)19-15/h6-8,12H,5,9-10H2,1-4H3,(H,17,21)(H,18,19)/t12-/m1/s1. The fraction of sp³-hybridized carbons (Fsp3) is 0.500. The average molecular weight is 304 g/mol. The number of H-pyrrole nitrogens is 1. The monoisotopic (exact) mass is 304 g/mol. The Hall–Kier alpha value is -2.08. The number of imidazole rings is 1. The molecule has 0 fully saturated rings. The lowest BCUT2D eigenvalue weighted by atomic mass is 10.2. The van der Waals surface area contributed by atoms with Gasteiger partial charge in [0.25, 0.3) is 0 Å². The van der Waals surface area contributed by atoms with E-state index in [9.17, 15) is 4.79 Å². The molecule has 0 spiro atoms. The summed E-state index contributed by atoms with van der Waals surface area (Å²) < 4.78 is 4.61. The number of aryl methyl sites for hydroxylation is 1. The van der Waals surface area contributed by atoms with E-state index >= 15 is 0 Å². The number of amides is 1. The molecule has 0 unspecified atom stereocenters. The van der Waals surface area contributed by atoms with Crippen LogP contribution >= 0.6 is 0 Å². The van der Waals surface area contributed by atoms with E-state index in [-0.39, 0.29) is 6.04 Å². The van der Waals surface area contributed by atoms with E-state index < -0.39 is 6.09 Å². The van der Waals surface area contributed by atoms with Gasteiger partial charge < -0.3 is 15.0 Å². The van der Waals surface area contributed by atoms with Crippen LogP contribution in [-0.4, -0.2) is 47.7 Å². The van der Waals surface area contributed by atoms with Gasteiger partial charge in [0.15, 0.2) is 0 Å². The number of rotatable bonds is 6. The number of carbonyl (C=O) groups is 1. The van der Waals surface area contributed by atoms with Gasteiger partial charge >= 0.3 is 6.09 Å². The predicted octanol–water partition coefficient (Wildman–Crippen LogP) is 2.44. The third kappa shape index (κ3) is 3.98. The van der Waals surface area contributed by atoms with Crippen molar-refractivity contribution in [1.82, 2.24) is 20.2 Å². The van der Waals surface area contributed by atoms with Gasteiger partial charge in [-0.3, -0.25) is 4.90 Å². The molecule has 2 aromatic rings. The number of ether oxygens (including phenoxy) is 1. The van der Waals surface area contributed by atoms with Gasteiger partial charge in [-0.1, -0.05) is 13.0 Å². The number of aromatic amines is 1. The number of methoxy groups -OCH3 is 1. The lowest BCUT2D eigenvalue weighted by Crippen LogP contribution is -2.41. The number of nitrogens with zero attached hydrogens (tertiary/aromatic N) is 2. The zero-order chi connectivity index (χ0) is 16.1. The molecule has 1 aromatic heterocycles. The third-order valence-electron chi connectivity index (χ3n) is 3.85. The number of benzene rings is 1. The van der Waals surface area contributed by atoms with Crippen LogP contribution in [0.25, 0.3) is 11.0 Å². The van der Waals surface area contributed by atoms with Crippen LogP contribution in [0.2, 0.25) is 0 Å². The van der Waals surface area contributed by atoms with E-state index in [4.69, 9.17) is 0 Å². The summed E-state index contributed by atoms with van der Waals surface area (Å²) >= 11 is 0. The van der Waals surface area contributed by atoms with Crippen LogP contribution in [0.3, 0.4) is 0 Å². The Morgan fingerprint density at radius 1 is 1.50 bits per heavy atom. The van der Waals surface area contributed by atoms with Crippen LogP contribution in [0.1, 0.15) is 24.7 Å². The van der Waals surface area contributed by atoms with E-state index in [0.717, 1.165) is 23.3 Å². The van der Waals surface area contributed by atoms with Gasteiger partial charge in [-0.25, -0.2) is 9.78 Å². The van der Waals surface area contributed by atoms with Crippen LogP contribution in [0.5, 0.6) is 0 Å². The Morgan fingerprint density at radius 2 is 2.27 bits per heavy atom. The molecule has 6 nitrogen and oxygen atoms in total. The van der Waals surface area contributed by atoms with Gasteiger partial charge in [-0.05, 0) is 38.1 Å². The summed E-state index contributed by atoms with van der Waals surface area (Å²) in [5.74, 6) is 0.930. The topological polar surface area (TPSA) is 70.2 Å². The second-order valence-corrected chi connectivity index (χ2v) is 5.55. The summed E-state index contributed by atoms with van der Waals surface area (Å²) in [4.78, 5) is 21.3. The number of nitrogens with one attached hydrogen (secondary N) is 2. The fourth-order valence-corrected chi connectivity index (χ4v) is 2.50. The Kier molecular flexibility index (Phi) is 5.38. The summed E-state index contributed by atoms with van der Waals surface area (Å²) in [7, 11) is 3.40. The third-order valence-corrected chi connectivity index (χ3v) is 3.85. The number of alkyl carbamates (subject to hydrolysis) is 1. The zero-order valence-electron chi connectivity index (χ0n) is 13.6.